The number of ether oxygens (including phenoxy) is 2. The SMILES string of the molecule is CC(=O)OCC(CSCC(N)C(=O)NC(CO)C(=O)C(C)C)OC(C)=O. The van der Waals surface area contributed by atoms with Gasteiger partial charge in [0.2, 0.25) is 5.91 Å². The number of hydrogen-bond donors (Lipinski definition) is 3. The summed E-state index contributed by atoms with van der Waals surface area (Å²) in [5.41, 5.74) is 5.79. The number of aliphatic hydroxyl groups is 1. The number of amides is 1. The maximum atomic E-state index is 12.0. The molecule has 4 N–H and O–H groups in total. The van der Waals surface area contributed by atoms with E-state index in [2.05, 4.69) is 5.32 Å². The number of carbonyl (C=O) groups is 4. The van der Waals surface area contributed by atoms with E-state index in [-0.39, 0.29) is 29.8 Å². The Labute approximate surface area is 157 Å². The van der Waals surface area contributed by atoms with Crippen molar-refractivity contribution >= 4 is 35.4 Å². The van der Waals surface area contributed by atoms with Gasteiger partial charge in [-0.15, -0.1) is 0 Å². The molecule has 1 amide bonds. The summed E-state index contributed by atoms with van der Waals surface area (Å²) in [7, 11) is 0. The molecule has 0 aliphatic carbocycles. The van der Waals surface area contributed by atoms with E-state index in [1.807, 2.05) is 0 Å². The Kier molecular flexibility index (Phi) is 11.9. The number of thioether (sulfide) groups is 1. The van der Waals surface area contributed by atoms with E-state index in [1.165, 1.54) is 25.6 Å². The van der Waals surface area contributed by atoms with Gasteiger partial charge >= 0.3 is 11.9 Å². The van der Waals surface area contributed by atoms with Crippen molar-refractivity contribution in [2.75, 3.05) is 24.7 Å². The molecule has 3 unspecified atom stereocenters. The second-order valence-corrected chi connectivity index (χ2v) is 7.05. The minimum atomic E-state index is -0.990. The van der Waals surface area contributed by atoms with Gasteiger partial charge in [-0.2, -0.15) is 11.8 Å². The smallest absolute Gasteiger partial charge is 0.303 e. The number of Topliss-reactive ketones (excluding diaryl/α,β-unsaturated/α-hetero) is 1. The first kappa shape index (κ1) is 24.4. The topological polar surface area (TPSA) is 145 Å². The highest BCUT2D eigenvalue weighted by Gasteiger charge is 2.25. The molecule has 150 valence electrons. The van der Waals surface area contributed by atoms with Crippen LogP contribution in [0.15, 0.2) is 0 Å². The van der Waals surface area contributed by atoms with Gasteiger partial charge in [0.25, 0.3) is 0 Å². The Morgan fingerprint density at radius 2 is 1.73 bits per heavy atom. The number of hydrogen-bond acceptors (Lipinski definition) is 9. The first-order valence-electron chi connectivity index (χ1n) is 8.17. The average Bonchev–Trinajstić information content (AvgIpc) is 2.55. The molecule has 0 rings (SSSR count). The number of rotatable bonds is 12. The third-order valence-electron chi connectivity index (χ3n) is 3.15. The summed E-state index contributed by atoms with van der Waals surface area (Å²) in [6, 6.07) is -1.91. The molecule has 0 aromatic carbocycles. The molecule has 0 saturated carbocycles. The Bertz CT molecular complexity index is 499. The van der Waals surface area contributed by atoms with E-state index in [1.54, 1.807) is 13.8 Å². The molecule has 0 aliphatic rings. The van der Waals surface area contributed by atoms with Gasteiger partial charge in [0.15, 0.2) is 5.78 Å². The standard InChI is InChI=1S/C16H28N2O7S/c1-9(2)15(22)14(5-19)18-16(23)13(17)8-26-7-12(25-11(4)21)6-24-10(3)20/h9,12-14,19H,5-8,17H2,1-4H3,(H,18,23). The highest BCUT2D eigenvalue weighted by Crippen LogP contribution is 2.09. The number of nitrogens with two attached hydrogens (primary N) is 1. The van der Waals surface area contributed by atoms with E-state index in [0.29, 0.717) is 0 Å². The summed E-state index contributed by atoms with van der Waals surface area (Å²) < 4.78 is 9.85. The van der Waals surface area contributed by atoms with Gasteiger partial charge in [-0.3, -0.25) is 19.2 Å². The lowest BCUT2D eigenvalue weighted by atomic mass is 10.0. The molecule has 0 fully saturated rings. The van der Waals surface area contributed by atoms with Gasteiger partial charge in [0.1, 0.15) is 18.8 Å². The molecule has 0 spiro atoms. The fourth-order valence-corrected chi connectivity index (χ4v) is 2.82. The van der Waals surface area contributed by atoms with Crippen LogP contribution in [0, 0.1) is 5.92 Å². The van der Waals surface area contributed by atoms with Crippen LogP contribution < -0.4 is 11.1 Å². The molecule has 0 heterocycles. The largest absolute Gasteiger partial charge is 0.462 e. The number of aliphatic hydroxyl groups excluding tert-OH is 1. The van der Waals surface area contributed by atoms with Crippen molar-refractivity contribution in [3.63, 3.8) is 0 Å². The van der Waals surface area contributed by atoms with E-state index in [0.717, 1.165) is 0 Å². The van der Waals surface area contributed by atoms with Crippen molar-refractivity contribution in [1.82, 2.24) is 5.32 Å². The van der Waals surface area contributed by atoms with Crippen LogP contribution in [0.2, 0.25) is 0 Å². The van der Waals surface area contributed by atoms with Crippen LogP contribution >= 0.6 is 11.8 Å². The van der Waals surface area contributed by atoms with E-state index < -0.39 is 42.6 Å². The van der Waals surface area contributed by atoms with Gasteiger partial charge in [-0.1, -0.05) is 13.8 Å². The number of carbonyl (C=O) groups excluding carboxylic acids is 4. The molecule has 0 aromatic rings. The number of ketones is 1. The van der Waals surface area contributed by atoms with Crippen molar-refractivity contribution in [3.8, 4) is 0 Å². The van der Waals surface area contributed by atoms with Crippen LogP contribution in [0.3, 0.4) is 0 Å². The third kappa shape index (κ3) is 10.4. The zero-order valence-corrected chi connectivity index (χ0v) is 16.3. The Morgan fingerprint density at radius 1 is 1.12 bits per heavy atom. The summed E-state index contributed by atoms with van der Waals surface area (Å²) >= 11 is 1.24. The first-order valence-corrected chi connectivity index (χ1v) is 9.32. The summed E-state index contributed by atoms with van der Waals surface area (Å²) in [4.78, 5) is 45.8. The van der Waals surface area contributed by atoms with Crippen molar-refractivity contribution in [1.29, 1.82) is 0 Å². The van der Waals surface area contributed by atoms with Crippen molar-refractivity contribution in [2.45, 2.75) is 45.9 Å². The highest BCUT2D eigenvalue weighted by atomic mass is 32.2. The molecule has 0 bridgehead atoms. The lowest BCUT2D eigenvalue weighted by Gasteiger charge is -2.20. The molecule has 0 radical (unpaired) electrons. The molecule has 26 heavy (non-hydrogen) atoms. The van der Waals surface area contributed by atoms with Crippen LogP contribution in [0.5, 0.6) is 0 Å². The first-order chi connectivity index (χ1) is 12.1. The zero-order valence-electron chi connectivity index (χ0n) is 15.5. The molecule has 9 nitrogen and oxygen atoms in total. The van der Waals surface area contributed by atoms with Gasteiger partial charge in [0.05, 0.1) is 12.6 Å². The van der Waals surface area contributed by atoms with Crippen molar-refractivity contribution in [2.24, 2.45) is 11.7 Å². The Balaban J connectivity index is 4.44. The van der Waals surface area contributed by atoms with E-state index in [4.69, 9.17) is 15.2 Å². The summed E-state index contributed by atoms with van der Waals surface area (Å²) in [5.74, 6) is -1.70. The van der Waals surface area contributed by atoms with Crippen molar-refractivity contribution < 1.29 is 33.8 Å². The highest BCUT2D eigenvalue weighted by molar-refractivity contribution is 7.99. The second kappa shape index (κ2) is 12.7. The third-order valence-corrected chi connectivity index (χ3v) is 4.36. The Morgan fingerprint density at radius 3 is 2.19 bits per heavy atom. The molecule has 10 heteroatoms. The quantitative estimate of drug-likeness (QED) is 0.365. The summed E-state index contributed by atoms with van der Waals surface area (Å²) in [6.07, 6.45) is -0.649. The van der Waals surface area contributed by atoms with Gasteiger partial charge in [0, 0.05) is 31.3 Å². The van der Waals surface area contributed by atoms with Crippen molar-refractivity contribution in [3.05, 3.63) is 0 Å². The van der Waals surface area contributed by atoms with Crippen LogP contribution in [0.25, 0.3) is 0 Å². The average molecular weight is 392 g/mol. The molecule has 0 saturated heterocycles. The number of nitrogens with one attached hydrogen (secondary N) is 1. The second-order valence-electron chi connectivity index (χ2n) is 5.98. The summed E-state index contributed by atoms with van der Waals surface area (Å²) in [6.45, 7) is 5.24. The lowest BCUT2D eigenvalue weighted by Crippen LogP contribution is -2.51. The predicted molar refractivity (Wildman–Crippen MR) is 96.3 cm³/mol. The van der Waals surface area contributed by atoms with E-state index >= 15 is 0 Å². The van der Waals surface area contributed by atoms with Gasteiger partial charge in [-0.05, 0) is 0 Å². The molecule has 0 aromatic heterocycles. The molecular weight excluding hydrogens is 364 g/mol. The minimum Gasteiger partial charge on any atom is -0.462 e. The zero-order chi connectivity index (χ0) is 20.3. The van der Waals surface area contributed by atoms with Crippen LogP contribution in [-0.2, 0) is 28.7 Å². The summed E-state index contributed by atoms with van der Waals surface area (Å²) in [5, 5.41) is 11.7. The maximum Gasteiger partial charge on any atom is 0.303 e. The molecule has 3 atom stereocenters. The monoisotopic (exact) mass is 392 g/mol. The normalized spacial score (nSPS) is 14.3. The van der Waals surface area contributed by atoms with Gasteiger partial charge < -0.3 is 25.6 Å². The molecular formula is C16H28N2O7S. The molecule has 0 aliphatic heterocycles. The van der Waals surface area contributed by atoms with Crippen LogP contribution in [0.4, 0.5) is 0 Å². The fraction of sp³-hybridized carbons (Fsp3) is 0.750. The number of esters is 2. The lowest BCUT2D eigenvalue weighted by molar-refractivity contribution is -0.154. The van der Waals surface area contributed by atoms with Gasteiger partial charge in [-0.25, -0.2) is 0 Å². The Hall–Kier alpha value is -1.65. The maximum absolute atomic E-state index is 12.0. The minimum absolute atomic E-state index is 0.0845. The van der Waals surface area contributed by atoms with Crippen LogP contribution in [0.1, 0.15) is 27.7 Å². The predicted octanol–water partition coefficient (Wildman–Crippen LogP) is -0.756. The van der Waals surface area contributed by atoms with Crippen LogP contribution in [-0.4, -0.2) is 71.6 Å². The fourth-order valence-electron chi connectivity index (χ4n) is 1.85. The van der Waals surface area contributed by atoms with E-state index in [9.17, 15) is 24.3 Å².